The fraction of sp³-hybridized carbons (Fsp3) is 0.381. The van der Waals surface area contributed by atoms with Gasteiger partial charge in [0.15, 0.2) is 0 Å². The van der Waals surface area contributed by atoms with Crippen LogP contribution in [0, 0.1) is 0 Å². The molecule has 0 unspecified atom stereocenters. The van der Waals surface area contributed by atoms with Crippen LogP contribution in [0.1, 0.15) is 49.4 Å². The third kappa shape index (κ3) is 3.40. The molecule has 148 valence electrons. The van der Waals surface area contributed by atoms with E-state index in [1.165, 1.54) is 12.5 Å². The summed E-state index contributed by atoms with van der Waals surface area (Å²) >= 11 is 3.44. The molecular formula is C21H23BrN2O3S. The monoisotopic (exact) mass is 462 g/mol. The summed E-state index contributed by atoms with van der Waals surface area (Å²) in [6.07, 6.45) is 3.42. The van der Waals surface area contributed by atoms with Crippen molar-refractivity contribution in [1.82, 2.24) is 4.72 Å². The number of hydrogen-bond donors (Lipinski definition) is 1. The van der Waals surface area contributed by atoms with Gasteiger partial charge in [0.1, 0.15) is 0 Å². The van der Waals surface area contributed by atoms with Gasteiger partial charge in [-0.15, -0.1) is 0 Å². The van der Waals surface area contributed by atoms with Crippen molar-refractivity contribution in [2.24, 2.45) is 0 Å². The van der Waals surface area contributed by atoms with E-state index in [-0.39, 0.29) is 22.9 Å². The number of benzene rings is 2. The minimum atomic E-state index is -3.76. The van der Waals surface area contributed by atoms with E-state index in [1.54, 1.807) is 11.0 Å². The quantitative estimate of drug-likeness (QED) is 0.746. The van der Waals surface area contributed by atoms with Crippen LogP contribution in [0.3, 0.4) is 0 Å². The molecule has 28 heavy (non-hydrogen) atoms. The molecule has 0 saturated heterocycles. The number of rotatable bonds is 3. The van der Waals surface area contributed by atoms with E-state index < -0.39 is 10.0 Å². The molecule has 0 spiro atoms. The molecule has 5 nitrogen and oxygen atoms in total. The Morgan fingerprint density at radius 1 is 1.21 bits per heavy atom. The molecule has 0 fully saturated rings. The predicted molar refractivity (Wildman–Crippen MR) is 113 cm³/mol. The number of halogens is 1. The van der Waals surface area contributed by atoms with Crippen molar-refractivity contribution in [1.29, 1.82) is 0 Å². The molecule has 1 aliphatic carbocycles. The van der Waals surface area contributed by atoms with Crippen molar-refractivity contribution in [2.75, 3.05) is 4.90 Å². The van der Waals surface area contributed by atoms with Crippen molar-refractivity contribution >= 4 is 37.5 Å². The number of hydrogen-bond acceptors (Lipinski definition) is 3. The molecule has 1 amide bonds. The van der Waals surface area contributed by atoms with Gasteiger partial charge in [0.05, 0.1) is 4.90 Å². The number of amides is 1. The average molecular weight is 463 g/mol. The van der Waals surface area contributed by atoms with Gasteiger partial charge >= 0.3 is 0 Å². The van der Waals surface area contributed by atoms with E-state index in [1.807, 2.05) is 31.2 Å². The average Bonchev–Trinajstić information content (AvgIpc) is 2.95. The van der Waals surface area contributed by atoms with Crippen LogP contribution < -0.4 is 9.62 Å². The second-order valence-electron chi connectivity index (χ2n) is 7.62. The first-order valence-electron chi connectivity index (χ1n) is 9.50. The lowest BCUT2D eigenvalue weighted by atomic mass is 9.88. The minimum Gasteiger partial charge on any atom is -0.309 e. The Bertz CT molecular complexity index is 1050. The predicted octanol–water partition coefficient (Wildman–Crippen LogP) is 4.10. The molecule has 2 atom stereocenters. The summed E-state index contributed by atoms with van der Waals surface area (Å²) in [5, 5.41) is 0. The van der Waals surface area contributed by atoms with Gasteiger partial charge in [-0.25, -0.2) is 13.1 Å². The molecule has 0 aromatic heterocycles. The molecule has 2 aliphatic rings. The Labute approximate surface area is 174 Å². The van der Waals surface area contributed by atoms with Gasteiger partial charge in [-0.3, -0.25) is 4.79 Å². The molecule has 1 N–H and O–H groups in total. The highest BCUT2D eigenvalue weighted by Crippen LogP contribution is 2.39. The zero-order chi connectivity index (χ0) is 20.1. The smallest absolute Gasteiger partial charge is 0.242 e. The molecule has 7 heteroatoms. The Morgan fingerprint density at radius 2 is 1.96 bits per heavy atom. The zero-order valence-corrected chi connectivity index (χ0v) is 18.3. The first kappa shape index (κ1) is 19.6. The summed E-state index contributed by atoms with van der Waals surface area (Å²) in [5.74, 6) is -0.0777. The highest BCUT2D eigenvalue weighted by Gasteiger charge is 2.33. The summed E-state index contributed by atoms with van der Waals surface area (Å²) < 4.78 is 29.9. The highest BCUT2D eigenvalue weighted by atomic mass is 79.9. The Balaban J connectivity index is 1.71. The van der Waals surface area contributed by atoms with Crippen molar-refractivity contribution in [3.63, 3.8) is 0 Å². The van der Waals surface area contributed by atoms with Crippen molar-refractivity contribution in [3.05, 3.63) is 57.6 Å². The number of aryl methyl sites for hydroxylation is 1. The number of anilines is 1. The fourth-order valence-electron chi connectivity index (χ4n) is 4.43. The Hall–Kier alpha value is -1.70. The van der Waals surface area contributed by atoms with Gasteiger partial charge in [-0.2, -0.15) is 0 Å². The lowest BCUT2D eigenvalue weighted by molar-refractivity contribution is -0.116. The first-order valence-corrected chi connectivity index (χ1v) is 11.8. The van der Waals surface area contributed by atoms with E-state index in [0.717, 1.165) is 36.8 Å². The van der Waals surface area contributed by atoms with Gasteiger partial charge in [-0.1, -0.05) is 24.3 Å². The molecule has 0 saturated carbocycles. The first-order chi connectivity index (χ1) is 13.3. The topological polar surface area (TPSA) is 66.5 Å². The molecule has 0 bridgehead atoms. The number of carbonyl (C=O) groups excluding carboxylic acids is 1. The van der Waals surface area contributed by atoms with Gasteiger partial charge in [0.25, 0.3) is 0 Å². The maximum absolute atomic E-state index is 13.2. The molecule has 2 aromatic carbocycles. The van der Waals surface area contributed by atoms with Crippen LogP contribution in [0.15, 0.2) is 45.8 Å². The second-order valence-corrected chi connectivity index (χ2v) is 10.2. The maximum Gasteiger partial charge on any atom is 0.242 e. The van der Waals surface area contributed by atoms with Crippen LogP contribution in [0.4, 0.5) is 5.69 Å². The van der Waals surface area contributed by atoms with Crippen molar-refractivity contribution in [3.8, 4) is 0 Å². The summed E-state index contributed by atoms with van der Waals surface area (Å²) in [6, 6.07) is 11.2. The summed E-state index contributed by atoms with van der Waals surface area (Å²) in [4.78, 5) is 13.9. The van der Waals surface area contributed by atoms with E-state index in [9.17, 15) is 13.2 Å². The normalized spacial score (nSPS) is 21.3. The van der Waals surface area contributed by atoms with E-state index in [0.29, 0.717) is 10.2 Å². The summed E-state index contributed by atoms with van der Waals surface area (Å²) in [5.41, 5.74) is 3.92. The SMILES string of the molecule is CC(=O)N1c2cc(S(=O)(=O)N[C@H]3CCCc4ccccc43)c(Br)cc2C[C@@H]1C. The fourth-order valence-corrected chi connectivity index (χ4v) is 6.79. The lowest BCUT2D eigenvalue weighted by Gasteiger charge is -2.26. The number of nitrogens with one attached hydrogen (secondary N) is 1. The van der Waals surface area contributed by atoms with Gasteiger partial charge in [0, 0.05) is 29.2 Å². The second kappa shape index (κ2) is 7.28. The van der Waals surface area contributed by atoms with E-state index in [2.05, 4.69) is 26.7 Å². The molecule has 1 aliphatic heterocycles. The van der Waals surface area contributed by atoms with Gasteiger partial charge in [-0.05, 0) is 77.4 Å². The molecule has 1 heterocycles. The highest BCUT2D eigenvalue weighted by molar-refractivity contribution is 9.10. The number of fused-ring (bicyclic) bond motifs is 2. The van der Waals surface area contributed by atoms with Crippen LogP contribution in [0.5, 0.6) is 0 Å². The summed E-state index contributed by atoms with van der Waals surface area (Å²) in [6.45, 7) is 3.49. The van der Waals surface area contributed by atoms with Crippen LogP contribution in [0.25, 0.3) is 0 Å². The zero-order valence-electron chi connectivity index (χ0n) is 15.9. The minimum absolute atomic E-state index is 0.0236. The maximum atomic E-state index is 13.2. The van der Waals surface area contributed by atoms with Crippen LogP contribution in [0.2, 0.25) is 0 Å². The largest absolute Gasteiger partial charge is 0.309 e. The van der Waals surface area contributed by atoms with Crippen LogP contribution in [-0.2, 0) is 27.7 Å². The third-order valence-corrected chi connectivity index (χ3v) is 8.07. The van der Waals surface area contributed by atoms with Gasteiger partial charge in [0.2, 0.25) is 15.9 Å². The molecule has 4 rings (SSSR count). The number of carbonyl (C=O) groups is 1. The van der Waals surface area contributed by atoms with Crippen LogP contribution >= 0.6 is 15.9 Å². The number of sulfonamides is 1. The number of nitrogens with zero attached hydrogens (tertiary/aromatic N) is 1. The van der Waals surface area contributed by atoms with E-state index in [4.69, 9.17) is 0 Å². The van der Waals surface area contributed by atoms with Crippen molar-refractivity contribution in [2.45, 2.75) is 56.5 Å². The third-order valence-electron chi connectivity index (χ3n) is 5.64. The standard InChI is InChI=1S/C21H23BrN2O3S/c1-13-10-16-11-18(22)21(12-20(16)24(13)14(2)25)28(26,27)23-19-9-5-7-15-6-3-4-8-17(15)19/h3-4,6,8,11-13,19,23H,5,7,9-10H2,1-2H3/t13-,19-/m0/s1. The summed E-state index contributed by atoms with van der Waals surface area (Å²) in [7, 11) is -3.76. The van der Waals surface area contributed by atoms with Gasteiger partial charge < -0.3 is 4.90 Å². The lowest BCUT2D eigenvalue weighted by Crippen LogP contribution is -2.34. The Kier molecular flexibility index (Phi) is 5.10. The molecule has 0 radical (unpaired) electrons. The molecular weight excluding hydrogens is 440 g/mol. The van der Waals surface area contributed by atoms with Crippen LogP contribution in [-0.4, -0.2) is 20.4 Å². The van der Waals surface area contributed by atoms with Crippen molar-refractivity contribution < 1.29 is 13.2 Å². The van der Waals surface area contributed by atoms with E-state index >= 15 is 0 Å². The molecule has 2 aromatic rings. The Morgan fingerprint density at radius 3 is 2.71 bits per heavy atom.